The van der Waals surface area contributed by atoms with Crippen molar-refractivity contribution in [3.63, 3.8) is 0 Å². The Morgan fingerprint density at radius 1 is 1.07 bits per heavy atom. The van der Waals surface area contributed by atoms with Crippen LogP contribution in [0.15, 0.2) is 54.6 Å². The Morgan fingerprint density at radius 3 is 2.42 bits per heavy atom. The van der Waals surface area contributed by atoms with E-state index in [1.54, 1.807) is 30.3 Å². The van der Waals surface area contributed by atoms with Crippen molar-refractivity contribution in [1.82, 2.24) is 24.8 Å². The molecule has 2 aromatic carbocycles. The molecule has 4 aromatic rings. The minimum atomic E-state index is -4.25. The number of pyridine rings is 1. The normalized spacial score (nSPS) is 18.0. The number of carbonyl (C=O) groups is 1. The molecule has 1 amide bonds. The first kappa shape index (κ1) is 41.6. The van der Waals surface area contributed by atoms with Gasteiger partial charge in [0.1, 0.15) is 18.2 Å². The van der Waals surface area contributed by atoms with Crippen LogP contribution in [-0.4, -0.2) is 69.4 Å². The monoisotopic (exact) mass is 765 g/mol. The maximum absolute atomic E-state index is 14.3. The summed E-state index contributed by atoms with van der Waals surface area (Å²) in [5.41, 5.74) is 7.37. The number of amides is 1. The Kier molecular flexibility index (Phi) is 13.5. The van der Waals surface area contributed by atoms with Crippen LogP contribution < -0.4 is 15.8 Å². The highest BCUT2D eigenvalue weighted by molar-refractivity contribution is 5.98. The van der Waals surface area contributed by atoms with Crippen LogP contribution in [-0.2, 0) is 17.9 Å². The van der Waals surface area contributed by atoms with Crippen molar-refractivity contribution >= 4 is 16.9 Å². The number of nitrogens with two attached hydrogens (primary N) is 1. The zero-order valence-electron chi connectivity index (χ0n) is 32.1. The van der Waals surface area contributed by atoms with Gasteiger partial charge >= 0.3 is 6.18 Å². The summed E-state index contributed by atoms with van der Waals surface area (Å²) in [6, 6.07) is 16.6. The Bertz CT molecular complexity index is 1960. The van der Waals surface area contributed by atoms with Gasteiger partial charge in [-0.3, -0.25) is 9.69 Å². The molecule has 1 saturated heterocycles. The number of nitriles is 1. The van der Waals surface area contributed by atoms with Crippen molar-refractivity contribution < 1.29 is 31.8 Å². The molecule has 3 heterocycles. The molecule has 6 rings (SSSR count). The zero-order chi connectivity index (χ0) is 39.9. The number of benzene rings is 2. The molecule has 3 N–H and O–H groups in total. The van der Waals surface area contributed by atoms with Gasteiger partial charge in [0, 0.05) is 34.8 Å². The second-order valence-electron chi connectivity index (χ2n) is 15.2. The minimum Gasteiger partial charge on any atom is -0.473 e. The third-order valence-corrected chi connectivity index (χ3v) is 9.87. The first-order valence-corrected chi connectivity index (χ1v) is 18.8. The predicted octanol–water partition coefficient (Wildman–Crippen LogP) is 7.81. The second kappa shape index (κ2) is 17.9. The Balaban J connectivity index is 0.00000187. The number of hydrogen-bond donors (Lipinski definition) is 2. The lowest BCUT2D eigenvalue weighted by molar-refractivity contribution is -0.202. The van der Waals surface area contributed by atoms with Crippen LogP contribution in [0, 0.1) is 23.1 Å². The highest BCUT2D eigenvalue weighted by atomic mass is 19.4. The highest BCUT2D eigenvalue weighted by Gasteiger charge is 2.49. The van der Waals surface area contributed by atoms with Crippen molar-refractivity contribution in [2.75, 3.05) is 26.2 Å². The lowest BCUT2D eigenvalue weighted by Gasteiger charge is -2.39. The maximum Gasteiger partial charge on any atom is 0.391 e. The van der Waals surface area contributed by atoms with Gasteiger partial charge in [-0.2, -0.15) is 18.4 Å². The summed E-state index contributed by atoms with van der Waals surface area (Å²) in [6.45, 7) is 12.5. The molecule has 1 aliphatic carbocycles. The number of nitrogens with zero attached hydrogens (tertiary/aromatic N) is 5. The topological polar surface area (TPSA) is 131 Å². The predicted molar refractivity (Wildman–Crippen MR) is 202 cm³/mol. The molecule has 1 saturated carbocycles. The van der Waals surface area contributed by atoms with E-state index in [4.69, 9.17) is 30.4 Å². The van der Waals surface area contributed by atoms with Gasteiger partial charge < -0.3 is 25.1 Å². The smallest absolute Gasteiger partial charge is 0.391 e. The first-order valence-electron chi connectivity index (χ1n) is 18.8. The first-order chi connectivity index (χ1) is 26.1. The molecule has 0 radical (unpaired) electrons. The third-order valence-electron chi connectivity index (χ3n) is 9.87. The molecule has 55 heavy (non-hydrogen) atoms. The molecule has 0 unspecified atom stereocenters. The summed E-state index contributed by atoms with van der Waals surface area (Å²) < 4.78 is 68.5. The summed E-state index contributed by atoms with van der Waals surface area (Å²) in [5, 5.41) is 12.0. The number of fused-ring (bicyclic) bond motifs is 1. The lowest BCUT2D eigenvalue weighted by Crippen LogP contribution is -2.47. The molecule has 2 fully saturated rings. The van der Waals surface area contributed by atoms with Gasteiger partial charge in [-0.25, -0.2) is 14.4 Å². The fraction of sp³-hybridized carbons (Fsp3) is 0.512. The molecule has 10 nitrogen and oxygen atoms in total. The number of aromatic nitrogens is 3. The molecule has 0 atom stereocenters. The van der Waals surface area contributed by atoms with Crippen molar-refractivity contribution in [3.05, 3.63) is 88.6 Å². The van der Waals surface area contributed by atoms with E-state index >= 15 is 0 Å². The van der Waals surface area contributed by atoms with Gasteiger partial charge in [0.15, 0.2) is 0 Å². The van der Waals surface area contributed by atoms with Gasteiger partial charge in [0.2, 0.25) is 5.88 Å². The van der Waals surface area contributed by atoms with Crippen LogP contribution in [0.1, 0.15) is 105 Å². The van der Waals surface area contributed by atoms with E-state index < -0.39 is 23.5 Å². The molecular formula is C41H51F4N7O3. The number of rotatable bonds is 12. The average Bonchev–Trinajstić information content (AvgIpc) is 3.46. The van der Waals surface area contributed by atoms with Gasteiger partial charge in [-0.05, 0) is 109 Å². The van der Waals surface area contributed by atoms with Gasteiger partial charge in [-0.15, -0.1) is 0 Å². The van der Waals surface area contributed by atoms with E-state index in [0.29, 0.717) is 47.0 Å². The number of halogens is 4. The lowest BCUT2D eigenvalue weighted by atomic mass is 9.79. The average molecular weight is 766 g/mol. The van der Waals surface area contributed by atoms with Crippen LogP contribution in [0.5, 0.6) is 5.88 Å². The Morgan fingerprint density at radius 2 is 1.78 bits per heavy atom. The molecule has 2 aliphatic rings. The summed E-state index contributed by atoms with van der Waals surface area (Å²) in [6.07, 6.45) is -2.68. The molecule has 1 aliphatic heterocycles. The number of likely N-dealkylation sites (tertiary alicyclic amines) is 1. The zero-order valence-corrected chi connectivity index (χ0v) is 32.1. The van der Waals surface area contributed by atoms with Crippen LogP contribution in [0.25, 0.3) is 11.0 Å². The van der Waals surface area contributed by atoms with E-state index in [9.17, 15) is 22.4 Å². The van der Waals surface area contributed by atoms with Gasteiger partial charge in [0.25, 0.3) is 5.91 Å². The van der Waals surface area contributed by atoms with Crippen molar-refractivity contribution in [2.45, 2.75) is 103 Å². The van der Waals surface area contributed by atoms with E-state index in [1.807, 2.05) is 57.4 Å². The quantitative estimate of drug-likeness (QED) is 0.140. The van der Waals surface area contributed by atoms with Crippen LogP contribution >= 0.6 is 0 Å². The number of carbonyl (C=O) groups excluding carboxylic acids is 1. The van der Waals surface area contributed by atoms with Gasteiger partial charge in [-0.1, -0.05) is 19.1 Å². The van der Waals surface area contributed by atoms with E-state index in [-0.39, 0.29) is 49.0 Å². The van der Waals surface area contributed by atoms with Crippen molar-refractivity contribution in [2.24, 2.45) is 11.7 Å². The molecule has 0 spiro atoms. The second-order valence-corrected chi connectivity index (χ2v) is 15.2. The largest absolute Gasteiger partial charge is 0.473 e. The molecular weight excluding hydrogens is 714 g/mol. The SMILES string of the molecule is CC(C)OCC(C)(C)NC(=O)c1ccc2nc(CN3CCC(c4cccc(OCc5ccc(C#N)cc5F)n4)CC3)n(C3CC(C(F)(F)F)C3)c2c1.CCN. The fourth-order valence-electron chi connectivity index (χ4n) is 6.87. The summed E-state index contributed by atoms with van der Waals surface area (Å²) in [5.74, 6) is -0.919. The van der Waals surface area contributed by atoms with Gasteiger partial charge in [0.05, 0.1) is 53.4 Å². The summed E-state index contributed by atoms with van der Waals surface area (Å²) in [4.78, 5) is 25.2. The molecule has 296 valence electrons. The number of hydrogen-bond acceptors (Lipinski definition) is 8. The number of piperidine rings is 1. The van der Waals surface area contributed by atoms with Crippen molar-refractivity contribution in [1.29, 1.82) is 5.26 Å². The molecule has 2 aromatic heterocycles. The Labute approximate surface area is 320 Å². The number of imidazole rings is 1. The molecule has 0 bridgehead atoms. The Hall–Kier alpha value is -4.58. The summed E-state index contributed by atoms with van der Waals surface area (Å²) in [7, 11) is 0. The van der Waals surface area contributed by atoms with E-state index in [1.165, 1.54) is 12.1 Å². The van der Waals surface area contributed by atoms with E-state index in [2.05, 4.69) is 10.2 Å². The maximum atomic E-state index is 14.3. The molecule has 14 heteroatoms. The van der Waals surface area contributed by atoms with Crippen molar-refractivity contribution in [3.8, 4) is 11.9 Å². The van der Waals surface area contributed by atoms with Crippen LogP contribution in [0.2, 0.25) is 0 Å². The highest BCUT2D eigenvalue weighted by Crippen LogP contribution is 2.48. The van der Waals surface area contributed by atoms with E-state index in [0.717, 1.165) is 38.2 Å². The fourth-order valence-corrected chi connectivity index (χ4v) is 6.87. The number of alkyl halides is 3. The standard InChI is InChI=1S/C39H44F4N6O3.C2H7N/c1-24(2)52-23-38(3,4)47-37(50)27-10-11-33-34(17-27)49(30-18-29(19-30)39(41,42)43)35(45-33)21-48-14-12-26(13-15-48)32-6-5-7-36(46-32)51-22-28-9-8-25(20-44)16-31(28)40;1-2-3/h5-11,16-17,24,26,29-30H,12-15,18-19,21-23H2,1-4H3,(H,47,50);2-3H2,1H3. The summed E-state index contributed by atoms with van der Waals surface area (Å²) >= 11 is 0. The van der Waals surface area contributed by atoms with Crippen LogP contribution in [0.4, 0.5) is 17.6 Å². The van der Waals surface area contributed by atoms with Crippen LogP contribution in [0.3, 0.4) is 0 Å². The third kappa shape index (κ3) is 10.8. The number of ether oxygens (including phenoxy) is 2. The number of nitrogens with one attached hydrogen (secondary N) is 1. The minimum absolute atomic E-state index is 0.0108.